The summed E-state index contributed by atoms with van der Waals surface area (Å²) in [5.41, 5.74) is 1.26. The Kier molecular flexibility index (Phi) is 4.54. The lowest BCUT2D eigenvalue weighted by atomic mass is 10.3. The Labute approximate surface area is 73.9 Å². The van der Waals surface area contributed by atoms with Crippen molar-refractivity contribution in [2.24, 2.45) is 0 Å². The van der Waals surface area contributed by atoms with E-state index in [1.54, 1.807) is 0 Å². The molecule has 0 spiro atoms. The first-order valence-electron chi connectivity index (χ1n) is 4.63. The molecule has 2 nitrogen and oxygen atoms in total. The SMILES string of the molecule is CCCCOCCc1ccc[nH]1. The first-order chi connectivity index (χ1) is 5.93. The van der Waals surface area contributed by atoms with Gasteiger partial charge in [-0.05, 0) is 18.6 Å². The molecule has 0 saturated heterocycles. The van der Waals surface area contributed by atoms with Gasteiger partial charge in [0.1, 0.15) is 0 Å². The molecule has 1 rings (SSSR count). The van der Waals surface area contributed by atoms with E-state index in [4.69, 9.17) is 4.74 Å². The fourth-order valence-corrected chi connectivity index (χ4v) is 1.05. The van der Waals surface area contributed by atoms with Gasteiger partial charge in [0.2, 0.25) is 0 Å². The third-order valence-corrected chi connectivity index (χ3v) is 1.82. The van der Waals surface area contributed by atoms with Gasteiger partial charge in [-0.3, -0.25) is 0 Å². The molecule has 68 valence electrons. The van der Waals surface area contributed by atoms with Gasteiger partial charge < -0.3 is 9.72 Å². The van der Waals surface area contributed by atoms with E-state index < -0.39 is 0 Å². The number of hydrogen-bond donors (Lipinski definition) is 1. The van der Waals surface area contributed by atoms with Crippen LogP contribution in [0.3, 0.4) is 0 Å². The summed E-state index contributed by atoms with van der Waals surface area (Å²) in [6.07, 6.45) is 5.32. The standard InChI is InChI=1S/C10H17NO/c1-2-3-8-12-9-6-10-5-4-7-11-10/h4-5,7,11H,2-3,6,8-9H2,1H3. The lowest BCUT2D eigenvalue weighted by Gasteiger charge is -2.01. The second-order valence-electron chi connectivity index (χ2n) is 2.91. The minimum absolute atomic E-state index is 0.834. The van der Waals surface area contributed by atoms with E-state index in [9.17, 15) is 0 Å². The maximum atomic E-state index is 5.43. The summed E-state index contributed by atoms with van der Waals surface area (Å²) in [4.78, 5) is 3.15. The Morgan fingerprint density at radius 1 is 1.42 bits per heavy atom. The van der Waals surface area contributed by atoms with Crippen LogP contribution < -0.4 is 0 Å². The van der Waals surface area contributed by atoms with Crippen LogP contribution in [-0.2, 0) is 11.2 Å². The molecule has 0 aromatic carbocycles. The van der Waals surface area contributed by atoms with E-state index in [1.807, 2.05) is 12.3 Å². The molecule has 0 aliphatic heterocycles. The summed E-state index contributed by atoms with van der Waals surface area (Å²) in [5.74, 6) is 0. The third kappa shape index (κ3) is 3.58. The van der Waals surface area contributed by atoms with E-state index in [0.717, 1.165) is 19.6 Å². The minimum Gasteiger partial charge on any atom is -0.381 e. The molecule has 0 radical (unpaired) electrons. The van der Waals surface area contributed by atoms with Crippen molar-refractivity contribution in [3.05, 3.63) is 24.0 Å². The second kappa shape index (κ2) is 5.84. The number of nitrogens with one attached hydrogen (secondary N) is 1. The Morgan fingerprint density at radius 2 is 2.33 bits per heavy atom. The average Bonchev–Trinajstić information content (AvgIpc) is 2.57. The van der Waals surface area contributed by atoms with Crippen molar-refractivity contribution < 1.29 is 4.74 Å². The molecule has 0 aliphatic rings. The Morgan fingerprint density at radius 3 is 3.00 bits per heavy atom. The first kappa shape index (κ1) is 9.33. The quantitative estimate of drug-likeness (QED) is 0.646. The number of rotatable bonds is 6. The van der Waals surface area contributed by atoms with Crippen LogP contribution in [0.25, 0.3) is 0 Å². The molecule has 0 unspecified atom stereocenters. The average molecular weight is 167 g/mol. The zero-order valence-electron chi connectivity index (χ0n) is 7.68. The maximum Gasteiger partial charge on any atom is 0.0520 e. The van der Waals surface area contributed by atoms with Gasteiger partial charge >= 0.3 is 0 Å². The Balaban J connectivity index is 1.96. The highest BCUT2D eigenvalue weighted by Gasteiger charge is 1.91. The highest BCUT2D eigenvalue weighted by atomic mass is 16.5. The van der Waals surface area contributed by atoms with Crippen molar-refractivity contribution in [2.75, 3.05) is 13.2 Å². The first-order valence-corrected chi connectivity index (χ1v) is 4.63. The number of hydrogen-bond acceptors (Lipinski definition) is 1. The number of unbranched alkanes of at least 4 members (excludes halogenated alkanes) is 1. The van der Waals surface area contributed by atoms with E-state index in [0.29, 0.717) is 0 Å². The fraction of sp³-hybridized carbons (Fsp3) is 0.600. The van der Waals surface area contributed by atoms with Crippen LogP contribution in [0.5, 0.6) is 0 Å². The molecule has 0 amide bonds. The van der Waals surface area contributed by atoms with Gasteiger partial charge in [0.15, 0.2) is 0 Å². The highest BCUT2D eigenvalue weighted by molar-refractivity contribution is 5.03. The molecule has 1 aromatic rings. The van der Waals surface area contributed by atoms with Crippen LogP contribution in [0.4, 0.5) is 0 Å². The topological polar surface area (TPSA) is 25.0 Å². The molecule has 1 aromatic heterocycles. The molecule has 0 fully saturated rings. The van der Waals surface area contributed by atoms with Crippen LogP contribution in [0.1, 0.15) is 25.5 Å². The van der Waals surface area contributed by atoms with Crippen LogP contribution in [0.15, 0.2) is 18.3 Å². The van der Waals surface area contributed by atoms with E-state index in [-0.39, 0.29) is 0 Å². The summed E-state index contributed by atoms with van der Waals surface area (Å²) >= 11 is 0. The second-order valence-corrected chi connectivity index (χ2v) is 2.91. The molecule has 1 N–H and O–H groups in total. The van der Waals surface area contributed by atoms with Gasteiger partial charge in [-0.25, -0.2) is 0 Å². The van der Waals surface area contributed by atoms with E-state index in [1.165, 1.54) is 18.5 Å². The summed E-state index contributed by atoms with van der Waals surface area (Å²) < 4.78 is 5.43. The van der Waals surface area contributed by atoms with E-state index >= 15 is 0 Å². The predicted molar refractivity (Wildman–Crippen MR) is 50.2 cm³/mol. The predicted octanol–water partition coefficient (Wildman–Crippen LogP) is 2.37. The van der Waals surface area contributed by atoms with Gasteiger partial charge in [-0.2, -0.15) is 0 Å². The van der Waals surface area contributed by atoms with Crippen molar-refractivity contribution in [3.8, 4) is 0 Å². The molecular weight excluding hydrogens is 150 g/mol. The summed E-state index contributed by atoms with van der Waals surface area (Å²) in [5, 5.41) is 0. The zero-order chi connectivity index (χ0) is 8.65. The minimum atomic E-state index is 0.834. The lowest BCUT2D eigenvalue weighted by molar-refractivity contribution is 0.134. The smallest absolute Gasteiger partial charge is 0.0520 e. The summed E-state index contributed by atoms with van der Waals surface area (Å²) in [7, 11) is 0. The molecule has 0 saturated carbocycles. The number of aromatic amines is 1. The van der Waals surface area contributed by atoms with Crippen molar-refractivity contribution in [1.29, 1.82) is 0 Å². The highest BCUT2D eigenvalue weighted by Crippen LogP contribution is 1.96. The number of H-pyrrole nitrogens is 1. The molecular formula is C10H17NO. The van der Waals surface area contributed by atoms with E-state index in [2.05, 4.69) is 18.0 Å². The summed E-state index contributed by atoms with van der Waals surface area (Å²) in [6, 6.07) is 4.10. The third-order valence-electron chi connectivity index (χ3n) is 1.82. The van der Waals surface area contributed by atoms with Crippen molar-refractivity contribution in [1.82, 2.24) is 4.98 Å². The molecule has 1 heterocycles. The van der Waals surface area contributed by atoms with Crippen molar-refractivity contribution in [3.63, 3.8) is 0 Å². The molecule has 0 bridgehead atoms. The van der Waals surface area contributed by atoms with Gasteiger partial charge in [0.05, 0.1) is 6.61 Å². The van der Waals surface area contributed by atoms with Gasteiger partial charge in [-0.15, -0.1) is 0 Å². The molecule has 0 aliphatic carbocycles. The van der Waals surface area contributed by atoms with Gasteiger partial charge in [-0.1, -0.05) is 13.3 Å². The summed E-state index contributed by atoms with van der Waals surface area (Å²) in [6.45, 7) is 3.91. The van der Waals surface area contributed by atoms with Gasteiger partial charge in [0.25, 0.3) is 0 Å². The molecule has 12 heavy (non-hydrogen) atoms. The largest absolute Gasteiger partial charge is 0.381 e. The van der Waals surface area contributed by atoms with Gasteiger partial charge in [0, 0.05) is 24.9 Å². The zero-order valence-corrected chi connectivity index (χ0v) is 7.68. The maximum absolute atomic E-state index is 5.43. The lowest BCUT2D eigenvalue weighted by Crippen LogP contribution is -1.99. The Hall–Kier alpha value is -0.760. The monoisotopic (exact) mass is 167 g/mol. The van der Waals surface area contributed by atoms with Crippen LogP contribution in [-0.4, -0.2) is 18.2 Å². The Bertz CT molecular complexity index is 182. The van der Waals surface area contributed by atoms with Crippen molar-refractivity contribution in [2.45, 2.75) is 26.2 Å². The van der Waals surface area contributed by atoms with Crippen LogP contribution in [0.2, 0.25) is 0 Å². The molecule has 0 atom stereocenters. The number of ether oxygens (including phenoxy) is 1. The van der Waals surface area contributed by atoms with Crippen LogP contribution in [0, 0.1) is 0 Å². The normalized spacial score (nSPS) is 10.4. The fourth-order valence-electron chi connectivity index (χ4n) is 1.05. The molecule has 2 heteroatoms. The number of aromatic nitrogens is 1. The van der Waals surface area contributed by atoms with Crippen LogP contribution >= 0.6 is 0 Å². The van der Waals surface area contributed by atoms with Crippen molar-refractivity contribution >= 4 is 0 Å².